The molecule has 110 valence electrons. The smallest absolute Gasteiger partial charge is 0.186 e. The lowest BCUT2D eigenvalue weighted by Gasteiger charge is -2.30. The second kappa shape index (κ2) is 7.16. The number of rotatable bonds is 7. The van der Waals surface area contributed by atoms with Crippen molar-refractivity contribution in [3.05, 3.63) is 10.6 Å². The van der Waals surface area contributed by atoms with Crippen molar-refractivity contribution in [1.29, 1.82) is 0 Å². The highest BCUT2D eigenvalue weighted by atomic mass is 32.1. The standard InChI is InChI=1S/C12H23N3O3S/c1-8(2)14(9(3)4)12-13-10(5)11(19-12)6-7-18-15(16)17/h8-9,16-17H,6-7H2,1-5H3. The summed E-state index contributed by atoms with van der Waals surface area (Å²) in [6.45, 7) is 10.8. The molecule has 0 aliphatic heterocycles. The molecule has 0 spiro atoms. The van der Waals surface area contributed by atoms with Crippen LogP contribution in [0.1, 0.15) is 38.3 Å². The maximum atomic E-state index is 8.48. The fourth-order valence-corrected chi connectivity index (χ4v) is 3.32. The highest BCUT2D eigenvalue weighted by molar-refractivity contribution is 7.15. The van der Waals surface area contributed by atoms with Gasteiger partial charge in [0, 0.05) is 23.4 Å². The molecule has 7 heteroatoms. The Labute approximate surface area is 118 Å². The Balaban J connectivity index is 2.77. The molecule has 6 nitrogen and oxygen atoms in total. The average molecular weight is 289 g/mol. The Morgan fingerprint density at radius 2 is 1.79 bits per heavy atom. The molecule has 0 saturated heterocycles. The van der Waals surface area contributed by atoms with Crippen molar-refractivity contribution in [2.45, 2.75) is 53.1 Å². The topological polar surface area (TPSA) is 69.1 Å². The molecule has 1 heterocycles. The van der Waals surface area contributed by atoms with E-state index in [-0.39, 0.29) is 12.0 Å². The molecule has 0 fully saturated rings. The first kappa shape index (κ1) is 16.3. The number of anilines is 1. The zero-order valence-electron chi connectivity index (χ0n) is 12.1. The van der Waals surface area contributed by atoms with Gasteiger partial charge in [-0.15, -0.1) is 11.3 Å². The molecular formula is C12H23N3O3S. The molecule has 0 atom stereocenters. The molecule has 0 amide bonds. The fourth-order valence-electron chi connectivity index (χ4n) is 2.01. The second-order valence-electron chi connectivity index (χ2n) is 4.94. The summed E-state index contributed by atoms with van der Waals surface area (Å²) in [5, 5.41) is 17.7. The normalized spacial score (nSPS) is 11.9. The number of hydrogen-bond donors (Lipinski definition) is 2. The first-order valence-corrected chi connectivity index (χ1v) is 7.20. The molecule has 1 rings (SSSR count). The maximum Gasteiger partial charge on any atom is 0.186 e. The number of nitrogens with zero attached hydrogens (tertiary/aromatic N) is 3. The molecule has 0 aliphatic rings. The maximum absolute atomic E-state index is 8.48. The van der Waals surface area contributed by atoms with Crippen LogP contribution in [0.2, 0.25) is 0 Å². The molecule has 19 heavy (non-hydrogen) atoms. The van der Waals surface area contributed by atoms with Crippen molar-refractivity contribution < 1.29 is 15.3 Å². The molecule has 0 bridgehead atoms. The number of hydrogen-bond acceptors (Lipinski definition) is 7. The SMILES string of the molecule is Cc1nc(N(C(C)C)C(C)C)sc1CCON(O)O. The number of aromatic nitrogens is 1. The van der Waals surface area contributed by atoms with Gasteiger partial charge in [0.25, 0.3) is 0 Å². The second-order valence-corrected chi connectivity index (χ2v) is 6.00. The minimum Gasteiger partial charge on any atom is -0.343 e. The monoisotopic (exact) mass is 289 g/mol. The van der Waals surface area contributed by atoms with Crippen LogP contribution in [-0.2, 0) is 11.3 Å². The molecule has 0 aromatic carbocycles. The minimum atomic E-state index is -0.258. The van der Waals surface area contributed by atoms with E-state index in [1.807, 2.05) is 6.92 Å². The summed E-state index contributed by atoms with van der Waals surface area (Å²) in [4.78, 5) is 12.5. The Hall–Kier alpha value is -0.730. The first-order chi connectivity index (χ1) is 8.82. The van der Waals surface area contributed by atoms with Gasteiger partial charge in [0.1, 0.15) is 0 Å². The molecule has 0 aliphatic carbocycles. The van der Waals surface area contributed by atoms with Crippen molar-refractivity contribution in [2.24, 2.45) is 0 Å². The largest absolute Gasteiger partial charge is 0.343 e. The highest BCUT2D eigenvalue weighted by Crippen LogP contribution is 2.29. The third-order valence-electron chi connectivity index (χ3n) is 2.75. The van der Waals surface area contributed by atoms with Crippen LogP contribution >= 0.6 is 11.3 Å². The van der Waals surface area contributed by atoms with E-state index >= 15 is 0 Å². The summed E-state index contributed by atoms with van der Waals surface area (Å²) in [7, 11) is 0. The molecule has 1 aromatic heterocycles. The third-order valence-corrected chi connectivity index (χ3v) is 3.98. The van der Waals surface area contributed by atoms with Crippen molar-refractivity contribution in [3.63, 3.8) is 0 Å². The lowest BCUT2D eigenvalue weighted by atomic mass is 10.2. The Morgan fingerprint density at radius 1 is 1.21 bits per heavy atom. The summed E-state index contributed by atoms with van der Waals surface area (Å²) < 4.78 is 0. The van der Waals surface area contributed by atoms with Gasteiger partial charge in [0.05, 0.1) is 17.7 Å². The van der Waals surface area contributed by atoms with Gasteiger partial charge < -0.3 is 4.90 Å². The van der Waals surface area contributed by atoms with Crippen LogP contribution in [0.25, 0.3) is 0 Å². The van der Waals surface area contributed by atoms with Gasteiger partial charge >= 0.3 is 0 Å². The summed E-state index contributed by atoms with van der Waals surface area (Å²) in [6.07, 6.45) is 0.602. The van der Waals surface area contributed by atoms with E-state index in [2.05, 4.69) is 42.4 Å². The van der Waals surface area contributed by atoms with E-state index in [0.717, 1.165) is 15.7 Å². The molecule has 1 aromatic rings. The predicted octanol–water partition coefficient (Wildman–Crippen LogP) is 2.63. The summed E-state index contributed by atoms with van der Waals surface area (Å²) in [5.74, 6) is 0. The zero-order chi connectivity index (χ0) is 14.6. The van der Waals surface area contributed by atoms with E-state index in [0.29, 0.717) is 18.5 Å². The van der Waals surface area contributed by atoms with E-state index < -0.39 is 0 Å². The van der Waals surface area contributed by atoms with Crippen LogP contribution in [-0.4, -0.2) is 39.5 Å². The third kappa shape index (κ3) is 4.70. The lowest BCUT2D eigenvalue weighted by Crippen LogP contribution is -2.36. The average Bonchev–Trinajstić information content (AvgIpc) is 2.58. The van der Waals surface area contributed by atoms with Crippen molar-refractivity contribution in [1.82, 2.24) is 10.4 Å². The first-order valence-electron chi connectivity index (χ1n) is 6.38. The Bertz CT molecular complexity index is 386. The van der Waals surface area contributed by atoms with Crippen LogP contribution in [0.3, 0.4) is 0 Å². The lowest BCUT2D eigenvalue weighted by molar-refractivity contribution is -0.492. The van der Waals surface area contributed by atoms with Crippen molar-refractivity contribution in [3.8, 4) is 0 Å². The summed E-state index contributed by atoms with van der Waals surface area (Å²) >= 11 is 1.63. The molecule has 2 N–H and O–H groups in total. The summed E-state index contributed by atoms with van der Waals surface area (Å²) in [6, 6.07) is 0.778. The van der Waals surface area contributed by atoms with Gasteiger partial charge in [-0.1, -0.05) is 0 Å². The van der Waals surface area contributed by atoms with Gasteiger partial charge in [0.2, 0.25) is 0 Å². The zero-order valence-corrected chi connectivity index (χ0v) is 12.9. The van der Waals surface area contributed by atoms with E-state index in [1.54, 1.807) is 11.3 Å². The predicted molar refractivity (Wildman–Crippen MR) is 74.7 cm³/mol. The van der Waals surface area contributed by atoms with Crippen LogP contribution in [0.4, 0.5) is 5.13 Å². The van der Waals surface area contributed by atoms with Crippen LogP contribution < -0.4 is 4.90 Å². The van der Waals surface area contributed by atoms with Crippen LogP contribution in [0, 0.1) is 6.92 Å². The van der Waals surface area contributed by atoms with E-state index in [4.69, 9.17) is 10.4 Å². The Kier molecular flexibility index (Phi) is 6.15. The van der Waals surface area contributed by atoms with Gasteiger partial charge in [0.15, 0.2) is 5.13 Å². The van der Waals surface area contributed by atoms with Crippen molar-refractivity contribution in [2.75, 3.05) is 11.5 Å². The molecule has 0 unspecified atom stereocenters. The number of thiazole rings is 1. The number of aryl methyl sites for hydroxylation is 1. The Morgan fingerprint density at radius 3 is 2.26 bits per heavy atom. The van der Waals surface area contributed by atoms with Crippen LogP contribution in [0.15, 0.2) is 0 Å². The van der Waals surface area contributed by atoms with Gasteiger partial charge in [-0.3, -0.25) is 15.3 Å². The van der Waals surface area contributed by atoms with Gasteiger partial charge in [-0.25, -0.2) is 4.98 Å². The molecular weight excluding hydrogens is 266 g/mol. The van der Waals surface area contributed by atoms with Gasteiger partial charge in [-0.2, -0.15) is 0 Å². The van der Waals surface area contributed by atoms with Crippen molar-refractivity contribution >= 4 is 16.5 Å². The summed E-state index contributed by atoms with van der Waals surface area (Å²) in [5.41, 5.74) is 0.970. The highest BCUT2D eigenvalue weighted by Gasteiger charge is 2.19. The van der Waals surface area contributed by atoms with E-state index in [9.17, 15) is 0 Å². The molecule has 0 radical (unpaired) electrons. The minimum absolute atomic E-state index is 0.207. The van der Waals surface area contributed by atoms with Crippen LogP contribution in [0.5, 0.6) is 0 Å². The quantitative estimate of drug-likeness (QED) is 0.752. The fraction of sp³-hybridized carbons (Fsp3) is 0.750. The molecule has 0 saturated carbocycles. The van der Waals surface area contributed by atoms with E-state index in [1.165, 1.54) is 0 Å². The van der Waals surface area contributed by atoms with Gasteiger partial charge in [-0.05, 0) is 34.6 Å².